The van der Waals surface area contributed by atoms with Crippen molar-refractivity contribution in [1.29, 1.82) is 0 Å². The number of piperazine rings is 1. The number of carbonyl (C=O) groups is 1. The van der Waals surface area contributed by atoms with E-state index < -0.39 is 5.92 Å². The van der Waals surface area contributed by atoms with Crippen LogP contribution in [-0.4, -0.2) is 55.4 Å². The van der Waals surface area contributed by atoms with Gasteiger partial charge in [0.15, 0.2) is 23.1 Å². The lowest BCUT2D eigenvalue weighted by Gasteiger charge is -2.36. The van der Waals surface area contributed by atoms with E-state index in [9.17, 15) is 4.79 Å². The van der Waals surface area contributed by atoms with Crippen LogP contribution >= 0.6 is 0 Å². The third-order valence-electron chi connectivity index (χ3n) is 7.62. The molecule has 0 saturated carbocycles. The highest BCUT2D eigenvalue weighted by Crippen LogP contribution is 2.50. The maximum atomic E-state index is 14.0. The third-order valence-corrected chi connectivity index (χ3v) is 7.62. The van der Waals surface area contributed by atoms with E-state index in [1.165, 1.54) is 0 Å². The van der Waals surface area contributed by atoms with Crippen LogP contribution in [0.25, 0.3) is 10.9 Å². The van der Waals surface area contributed by atoms with Crippen LogP contribution in [0.4, 0.5) is 11.4 Å². The van der Waals surface area contributed by atoms with Crippen molar-refractivity contribution in [3.05, 3.63) is 65.2 Å². The van der Waals surface area contributed by atoms with Gasteiger partial charge in [0.1, 0.15) is 11.3 Å². The van der Waals surface area contributed by atoms with Crippen LogP contribution in [0.5, 0.6) is 0 Å². The second-order valence-corrected chi connectivity index (χ2v) is 9.73. The molecule has 9 heteroatoms. The maximum Gasteiger partial charge on any atom is 0.231 e. The van der Waals surface area contributed by atoms with Crippen LogP contribution in [0.3, 0.4) is 0 Å². The average molecular weight is 489 g/mol. The minimum absolute atomic E-state index is 0.0280. The number of furan rings is 1. The highest BCUT2D eigenvalue weighted by atomic mass is 16.7. The summed E-state index contributed by atoms with van der Waals surface area (Å²) >= 11 is 0. The highest BCUT2D eigenvalue weighted by Gasteiger charge is 2.44. The first-order chi connectivity index (χ1) is 17.7. The molecule has 9 nitrogen and oxygen atoms in total. The standard InChI is InChI=1S/C27H28N4O5/c1-2-5-30-6-8-31(9-7-30)20-13-19(28-14-16-4-3-10-33-16)23-24-25(20)29-36-27(24)18-12-22-21(34-15-35-22)11-17(18)26(23)32/h3-4,10-13,17-18,28H,2,5-9,14-15H2,1H3. The van der Waals surface area contributed by atoms with E-state index >= 15 is 0 Å². The van der Waals surface area contributed by atoms with Gasteiger partial charge >= 0.3 is 0 Å². The smallest absolute Gasteiger partial charge is 0.231 e. The Morgan fingerprint density at radius 2 is 1.92 bits per heavy atom. The number of benzene rings is 1. The Hall–Kier alpha value is -3.72. The largest absolute Gasteiger partial charge is 0.467 e. The number of nitrogens with zero attached hydrogens (tertiary/aromatic N) is 3. The predicted molar refractivity (Wildman–Crippen MR) is 133 cm³/mol. The predicted octanol–water partition coefficient (Wildman–Crippen LogP) is 4.25. The molecule has 0 radical (unpaired) electrons. The molecule has 1 aromatic carbocycles. The van der Waals surface area contributed by atoms with E-state index in [1.807, 2.05) is 24.3 Å². The molecular formula is C27H28N4O5. The van der Waals surface area contributed by atoms with Gasteiger partial charge in [-0.25, -0.2) is 0 Å². The molecule has 0 bridgehead atoms. The number of fused-ring (bicyclic) bond motifs is 3. The zero-order valence-corrected chi connectivity index (χ0v) is 20.2. The first kappa shape index (κ1) is 21.6. The molecule has 2 aliphatic heterocycles. The number of hydrogen-bond acceptors (Lipinski definition) is 9. The van der Waals surface area contributed by atoms with Gasteiger partial charge in [0.05, 0.1) is 41.3 Å². The third kappa shape index (κ3) is 3.33. The SMILES string of the molecule is CCCN1CCN(c2cc(NCc3ccco3)c3c4c(onc24)C2C=C4OCOC4=CC2C3=O)CC1. The van der Waals surface area contributed by atoms with E-state index in [4.69, 9.17) is 18.4 Å². The number of nitrogens with one attached hydrogen (secondary N) is 1. The molecule has 2 fully saturated rings. The van der Waals surface area contributed by atoms with Crippen molar-refractivity contribution < 1.29 is 23.2 Å². The number of carbonyl (C=O) groups excluding carboxylic acids is 1. The molecule has 2 unspecified atom stereocenters. The summed E-state index contributed by atoms with van der Waals surface area (Å²) in [5.74, 6) is 2.11. The molecule has 36 heavy (non-hydrogen) atoms. The summed E-state index contributed by atoms with van der Waals surface area (Å²) < 4.78 is 22.7. The van der Waals surface area contributed by atoms with E-state index in [-0.39, 0.29) is 18.5 Å². The van der Waals surface area contributed by atoms with E-state index in [0.29, 0.717) is 29.4 Å². The van der Waals surface area contributed by atoms with Crippen LogP contribution in [0.15, 0.2) is 57.1 Å². The second-order valence-electron chi connectivity index (χ2n) is 9.73. The molecule has 3 aromatic rings. The summed E-state index contributed by atoms with van der Waals surface area (Å²) in [6.07, 6.45) is 6.61. The Labute approximate surface area is 208 Å². The van der Waals surface area contributed by atoms with Crippen LogP contribution in [0, 0.1) is 5.92 Å². The van der Waals surface area contributed by atoms with Crippen LogP contribution < -0.4 is 10.2 Å². The number of hydrogen-bond donors (Lipinski definition) is 1. The number of aromatic nitrogens is 1. The molecular weight excluding hydrogens is 460 g/mol. The van der Waals surface area contributed by atoms with E-state index in [2.05, 4.69) is 33.3 Å². The monoisotopic (exact) mass is 488 g/mol. The van der Waals surface area contributed by atoms with E-state index in [1.54, 1.807) is 6.26 Å². The van der Waals surface area contributed by atoms with Gasteiger partial charge in [-0.2, -0.15) is 0 Å². The molecule has 2 atom stereocenters. The Bertz CT molecular complexity index is 1380. The van der Waals surface area contributed by atoms with Gasteiger partial charge in [-0.1, -0.05) is 12.1 Å². The maximum absolute atomic E-state index is 14.0. The van der Waals surface area contributed by atoms with Gasteiger partial charge in [0.25, 0.3) is 0 Å². The Morgan fingerprint density at radius 3 is 2.67 bits per heavy atom. The van der Waals surface area contributed by atoms with E-state index in [0.717, 1.165) is 67.2 Å². The minimum Gasteiger partial charge on any atom is -0.467 e. The van der Waals surface area contributed by atoms with Crippen molar-refractivity contribution in [2.24, 2.45) is 5.92 Å². The zero-order chi connectivity index (χ0) is 24.2. The number of rotatable bonds is 6. The Morgan fingerprint density at radius 1 is 1.11 bits per heavy atom. The lowest BCUT2D eigenvalue weighted by Crippen LogP contribution is -2.46. The minimum atomic E-state index is -0.429. The highest BCUT2D eigenvalue weighted by molar-refractivity contribution is 6.19. The summed E-state index contributed by atoms with van der Waals surface area (Å²) in [5, 5.41) is 8.81. The summed E-state index contributed by atoms with van der Waals surface area (Å²) in [6, 6.07) is 5.84. The number of anilines is 2. The first-order valence-electron chi connectivity index (χ1n) is 12.6. The topological polar surface area (TPSA) is 93.2 Å². The van der Waals surface area contributed by atoms with Gasteiger partial charge in [-0.3, -0.25) is 9.69 Å². The normalized spacial score (nSPS) is 23.0. The summed E-state index contributed by atoms with van der Waals surface area (Å²) in [5.41, 5.74) is 3.13. The molecule has 2 saturated heterocycles. The van der Waals surface area contributed by atoms with Gasteiger partial charge in [0, 0.05) is 31.9 Å². The summed E-state index contributed by atoms with van der Waals surface area (Å²) in [7, 11) is 0. The molecule has 186 valence electrons. The van der Waals surface area contributed by atoms with Crippen LogP contribution in [0.1, 0.15) is 41.1 Å². The quantitative estimate of drug-likeness (QED) is 0.547. The average Bonchev–Trinajstić information content (AvgIpc) is 3.67. The fourth-order valence-electron chi connectivity index (χ4n) is 5.86. The van der Waals surface area contributed by atoms with Gasteiger partial charge < -0.3 is 28.6 Å². The molecule has 7 rings (SSSR count). The van der Waals surface area contributed by atoms with Crippen molar-refractivity contribution in [2.45, 2.75) is 25.8 Å². The van der Waals surface area contributed by atoms with Crippen LogP contribution in [0.2, 0.25) is 0 Å². The molecule has 4 heterocycles. The number of ketones is 1. The number of allylic oxidation sites excluding steroid dienone is 2. The van der Waals surface area contributed by atoms with Crippen LogP contribution in [-0.2, 0) is 16.0 Å². The first-order valence-corrected chi connectivity index (χ1v) is 12.6. The zero-order valence-electron chi connectivity index (χ0n) is 20.2. The molecule has 1 N–H and O–H groups in total. The molecule has 0 spiro atoms. The Balaban J connectivity index is 1.34. The second kappa shape index (κ2) is 8.44. The fourth-order valence-corrected chi connectivity index (χ4v) is 5.86. The van der Waals surface area contributed by atoms with Gasteiger partial charge in [-0.15, -0.1) is 0 Å². The fraction of sp³-hybridized carbons (Fsp3) is 0.407. The summed E-state index contributed by atoms with van der Waals surface area (Å²) in [6.45, 7) is 7.75. The molecule has 0 amide bonds. The summed E-state index contributed by atoms with van der Waals surface area (Å²) in [4.78, 5) is 18.8. The van der Waals surface area contributed by atoms with Crippen molar-refractivity contribution in [3.63, 3.8) is 0 Å². The molecule has 4 aliphatic rings. The Kier molecular flexibility index (Phi) is 5.06. The van der Waals surface area contributed by atoms with Crippen molar-refractivity contribution in [2.75, 3.05) is 49.7 Å². The van der Waals surface area contributed by atoms with Crippen molar-refractivity contribution >= 4 is 28.1 Å². The van der Waals surface area contributed by atoms with Crippen molar-refractivity contribution in [1.82, 2.24) is 10.1 Å². The molecule has 2 aliphatic carbocycles. The molecule has 2 aromatic heterocycles. The van der Waals surface area contributed by atoms with Crippen molar-refractivity contribution in [3.8, 4) is 0 Å². The number of ether oxygens (including phenoxy) is 2. The lowest BCUT2D eigenvalue weighted by molar-refractivity contribution is 0.0919. The number of Topliss-reactive ketones (excluding diaryl/α,β-unsaturated/α-hetero) is 1. The lowest BCUT2D eigenvalue weighted by atomic mass is 9.74. The van der Waals surface area contributed by atoms with Gasteiger partial charge in [0.2, 0.25) is 6.79 Å². The van der Waals surface area contributed by atoms with Gasteiger partial charge in [-0.05, 0) is 43.3 Å².